The van der Waals surface area contributed by atoms with Gasteiger partial charge in [0.25, 0.3) is 5.91 Å². The average Bonchev–Trinajstić information content (AvgIpc) is 3.31. The number of unbranched alkanes of at least 4 members (excludes halogenated alkanes) is 4. The maximum absolute atomic E-state index is 15.4. The molecule has 0 bridgehead atoms. The summed E-state index contributed by atoms with van der Waals surface area (Å²) in [6.45, 7) is 27.8. The summed E-state index contributed by atoms with van der Waals surface area (Å²) in [6.07, 6.45) is 1.03. The molecule has 0 aliphatic heterocycles. The number of amides is 5. The lowest BCUT2D eigenvalue weighted by Crippen LogP contribution is -2.59. The molecule has 0 saturated carbocycles. The predicted molar refractivity (Wildman–Crippen MR) is 310 cm³/mol. The third kappa shape index (κ3) is 28.4. The molecule has 6 N–H and O–H groups in total. The maximum Gasteiger partial charge on any atom is 0.417 e. The fourth-order valence-electron chi connectivity index (χ4n) is 7.77. The number of hydrogen-bond acceptors (Lipinski definition) is 15. The quantitative estimate of drug-likeness (QED) is 0.0174. The first-order chi connectivity index (χ1) is 37.2. The van der Waals surface area contributed by atoms with Crippen LogP contribution < -0.4 is 36.5 Å². The molecule has 3 rings (SSSR count). The highest BCUT2D eigenvalue weighted by molar-refractivity contribution is 6.02. The summed E-state index contributed by atoms with van der Waals surface area (Å²) in [7, 11) is 0. The molecule has 0 aromatic heterocycles. The molecule has 0 heterocycles. The van der Waals surface area contributed by atoms with Gasteiger partial charge in [-0.1, -0.05) is 67.4 Å². The van der Waals surface area contributed by atoms with Crippen molar-refractivity contribution in [3.63, 3.8) is 0 Å². The van der Waals surface area contributed by atoms with Crippen LogP contribution in [-0.2, 0) is 52.8 Å². The molecular formula is C61H93N7O12. The third-order valence-corrected chi connectivity index (χ3v) is 11.1. The Morgan fingerprint density at radius 2 is 1.04 bits per heavy atom. The lowest BCUT2D eigenvalue weighted by molar-refractivity contribution is -0.157. The van der Waals surface area contributed by atoms with E-state index in [2.05, 4.69) is 26.3 Å². The maximum atomic E-state index is 15.4. The van der Waals surface area contributed by atoms with Gasteiger partial charge in [0.15, 0.2) is 0 Å². The predicted octanol–water partition coefficient (Wildman–Crippen LogP) is 10.2. The lowest BCUT2D eigenvalue weighted by atomic mass is 10.00. The Labute approximate surface area is 475 Å². The topological polar surface area (TPSA) is 248 Å². The van der Waals surface area contributed by atoms with Crippen LogP contribution in [0.25, 0.3) is 0 Å². The fraction of sp³-hybridized carbons (Fsp3) is 0.590. The number of aliphatic imine (C=N–C) groups is 1. The van der Waals surface area contributed by atoms with Crippen LogP contribution in [-0.4, -0.2) is 113 Å². The van der Waals surface area contributed by atoms with Gasteiger partial charge in [0.2, 0.25) is 11.9 Å². The molecule has 0 spiro atoms. The van der Waals surface area contributed by atoms with Crippen LogP contribution >= 0.6 is 0 Å². The number of benzene rings is 3. The van der Waals surface area contributed by atoms with Crippen LogP contribution in [0.2, 0.25) is 0 Å². The highest BCUT2D eigenvalue weighted by atomic mass is 16.6. The van der Waals surface area contributed by atoms with Crippen molar-refractivity contribution in [3.8, 4) is 11.5 Å². The molecule has 3 aromatic carbocycles. The van der Waals surface area contributed by atoms with E-state index in [-0.39, 0.29) is 38.4 Å². The summed E-state index contributed by atoms with van der Waals surface area (Å²) in [5.41, 5.74) is 4.47. The Balaban J connectivity index is 2.01. The molecule has 80 heavy (non-hydrogen) atoms. The first-order valence-electron chi connectivity index (χ1n) is 27.8. The Kier molecular flexibility index (Phi) is 26.4. The van der Waals surface area contributed by atoms with Crippen LogP contribution in [0.5, 0.6) is 11.5 Å². The van der Waals surface area contributed by atoms with E-state index in [1.807, 2.05) is 84.0 Å². The van der Waals surface area contributed by atoms with Crippen LogP contribution in [0, 0.1) is 0 Å². The van der Waals surface area contributed by atoms with Gasteiger partial charge in [-0.15, -0.1) is 0 Å². The van der Waals surface area contributed by atoms with Crippen LogP contribution in [0.1, 0.15) is 165 Å². The minimum Gasteiger partial charge on any atom is -0.488 e. The highest BCUT2D eigenvalue weighted by Crippen LogP contribution is 2.24. The van der Waals surface area contributed by atoms with Gasteiger partial charge in [0.1, 0.15) is 58.2 Å². The Morgan fingerprint density at radius 3 is 1.51 bits per heavy atom. The summed E-state index contributed by atoms with van der Waals surface area (Å²) in [6, 6.07) is 19.9. The molecule has 19 nitrogen and oxygen atoms in total. The minimum absolute atomic E-state index is 0.0217. The summed E-state index contributed by atoms with van der Waals surface area (Å²) in [5.74, 6) is -1.07. The van der Waals surface area contributed by atoms with Crippen LogP contribution in [0.15, 0.2) is 83.9 Å². The first kappa shape index (κ1) is 67.5. The Hall–Kier alpha value is -6.73. The second-order valence-corrected chi connectivity index (χ2v) is 24.7. The van der Waals surface area contributed by atoms with Gasteiger partial charge in [-0.05, 0) is 196 Å². The number of nitrogens with one attached hydrogen (secondary N) is 4. The van der Waals surface area contributed by atoms with Crippen molar-refractivity contribution in [2.75, 3.05) is 19.6 Å². The number of carbonyl (C=O) groups excluding carboxylic acids is 6. The van der Waals surface area contributed by atoms with Crippen LogP contribution in [0.3, 0.4) is 0 Å². The lowest BCUT2D eigenvalue weighted by Gasteiger charge is -2.34. The summed E-state index contributed by atoms with van der Waals surface area (Å²) < 4.78 is 34.6. The number of esters is 1. The van der Waals surface area contributed by atoms with Gasteiger partial charge < -0.3 is 44.8 Å². The fourth-order valence-corrected chi connectivity index (χ4v) is 7.77. The smallest absolute Gasteiger partial charge is 0.417 e. The Morgan fingerprint density at radius 1 is 0.550 bits per heavy atom. The van der Waals surface area contributed by atoms with Crippen molar-refractivity contribution >= 4 is 42.0 Å². The van der Waals surface area contributed by atoms with Crippen molar-refractivity contribution in [2.24, 2.45) is 10.7 Å². The second-order valence-electron chi connectivity index (χ2n) is 24.7. The average molecular weight is 1120 g/mol. The number of nitrogens with zero attached hydrogens (tertiary/aromatic N) is 2. The zero-order valence-corrected chi connectivity index (χ0v) is 50.3. The minimum atomic E-state index is -1.43. The number of rotatable bonds is 25. The van der Waals surface area contributed by atoms with E-state index >= 15 is 4.79 Å². The van der Waals surface area contributed by atoms with Crippen molar-refractivity contribution in [1.82, 2.24) is 26.2 Å². The van der Waals surface area contributed by atoms with E-state index in [0.29, 0.717) is 67.8 Å². The molecule has 0 saturated heterocycles. The zero-order valence-electron chi connectivity index (χ0n) is 50.3. The zero-order chi connectivity index (χ0) is 59.9. The van der Waals surface area contributed by atoms with E-state index in [1.165, 1.54) is 0 Å². The third-order valence-electron chi connectivity index (χ3n) is 11.1. The standard InChI is InChI=1S/C61H93N7O12/c1-57(2,3)76-45-32-28-42(29-33-45)39-47(63-37-23-16-17-24-38-64-53(66-54(72)78-59(7,8)9)67-55(73)79-60(10,11)12)50(69)65-48(40-43-30-34-46(35-31-43)77-58(4,5)6)51(70)68(56(74)80-61(13,14)15)49(27-21-22-36-62)52(71)75-41-44-25-19-18-20-26-44/h18-20,25-26,28-35,47-49,63H,16-17,21-24,27,36-41,62H2,1-15H3,(H,65,69)(H2,64,66,67,72,73)/t47-,48-,49-/m0/s1. The first-order valence-corrected chi connectivity index (χ1v) is 27.8. The largest absolute Gasteiger partial charge is 0.488 e. The second kappa shape index (κ2) is 31.3. The normalized spacial score (nSPS) is 13.1. The number of guanidine groups is 1. The summed E-state index contributed by atoms with van der Waals surface area (Å²) in [4.78, 5) is 89.6. The van der Waals surface area contributed by atoms with Gasteiger partial charge in [-0.25, -0.2) is 24.1 Å². The van der Waals surface area contributed by atoms with E-state index < -0.39 is 82.2 Å². The van der Waals surface area contributed by atoms with Gasteiger partial charge in [-0.2, -0.15) is 0 Å². The molecule has 0 unspecified atom stereocenters. The molecule has 5 amide bonds. The summed E-state index contributed by atoms with van der Waals surface area (Å²) in [5, 5.41) is 11.4. The number of imide groups is 1. The number of nitrogens with two attached hydrogens (primary N) is 1. The Bertz CT molecular complexity index is 2420. The number of alkyl carbamates (subject to hydrolysis) is 2. The molecule has 0 aliphatic carbocycles. The molecule has 3 aromatic rings. The molecule has 0 aliphatic rings. The van der Waals surface area contributed by atoms with E-state index in [9.17, 15) is 24.0 Å². The van der Waals surface area contributed by atoms with Crippen molar-refractivity contribution < 1.29 is 57.2 Å². The molecule has 3 atom stereocenters. The van der Waals surface area contributed by atoms with Gasteiger partial charge in [0, 0.05) is 13.0 Å². The molecule has 0 radical (unpaired) electrons. The monoisotopic (exact) mass is 1120 g/mol. The van der Waals surface area contributed by atoms with Gasteiger partial charge in [0.05, 0.1) is 6.04 Å². The van der Waals surface area contributed by atoms with Gasteiger partial charge in [-0.3, -0.25) is 25.2 Å². The number of carbonyl (C=O) groups is 6. The van der Waals surface area contributed by atoms with E-state index in [0.717, 1.165) is 16.9 Å². The number of hydrogen-bond donors (Lipinski definition) is 5. The van der Waals surface area contributed by atoms with Crippen molar-refractivity contribution in [1.29, 1.82) is 0 Å². The molecule has 0 fully saturated rings. The molecular weight excluding hydrogens is 1020 g/mol. The highest BCUT2D eigenvalue weighted by Gasteiger charge is 2.42. The van der Waals surface area contributed by atoms with Gasteiger partial charge >= 0.3 is 24.2 Å². The van der Waals surface area contributed by atoms with Crippen LogP contribution in [0.4, 0.5) is 14.4 Å². The molecule has 444 valence electrons. The van der Waals surface area contributed by atoms with E-state index in [4.69, 9.17) is 34.2 Å². The molecule has 19 heteroatoms. The van der Waals surface area contributed by atoms with Crippen molar-refractivity contribution in [2.45, 2.75) is 214 Å². The van der Waals surface area contributed by atoms with E-state index in [1.54, 1.807) is 98.7 Å². The number of ether oxygens (including phenoxy) is 6. The van der Waals surface area contributed by atoms with Crippen molar-refractivity contribution in [3.05, 3.63) is 95.6 Å². The SMILES string of the molecule is CC(C)(C)OC(=O)NC(=NCCCCCCN[C@@H](Cc1ccc(OC(C)(C)C)cc1)C(=O)N[C@@H](Cc1ccc(OC(C)(C)C)cc1)C(=O)N(C(=O)OC(C)(C)C)[C@@H](CCCCN)C(=O)OCc1ccccc1)NC(=O)OC(C)(C)C. The summed E-state index contributed by atoms with van der Waals surface area (Å²) >= 11 is 0.